The molecule has 0 aliphatic carbocycles. The van der Waals surface area contributed by atoms with Crippen LogP contribution in [0.2, 0.25) is 0 Å². The van der Waals surface area contributed by atoms with Gasteiger partial charge >= 0.3 is 0 Å². The molecule has 0 unspecified atom stereocenters. The van der Waals surface area contributed by atoms with E-state index >= 15 is 0 Å². The molecule has 1 rings (SSSR count). The Hall–Kier alpha value is -1.88. The molecular weight excluding hydrogens is 218 g/mol. The van der Waals surface area contributed by atoms with E-state index in [4.69, 9.17) is 5.73 Å². The molecule has 0 bridgehead atoms. The van der Waals surface area contributed by atoms with Gasteiger partial charge in [-0.05, 0) is 24.7 Å². The lowest BCUT2D eigenvalue weighted by Gasteiger charge is -2.05. The fourth-order valence-electron chi connectivity index (χ4n) is 1.31. The van der Waals surface area contributed by atoms with Gasteiger partial charge in [0, 0.05) is 25.1 Å². The van der Waals surface area contributed by atoms with Crippen LogP contribution < -0.4 is 16.4 Å². The van der Waals surface area contributed by atoms with Crippen molar-refractivity contribution in [1.29, 1.82) is 0 Å². The number of benzene rings is 1. The molecule has 0 fully saturated rings. The fraction of sp³-hybridized carbons (Fsp3) is 0.333. The first-order chi connectivity index (χ1) is 8.13. The van der Waals surface area contributed by atoms with E-state index in [-0.39, 0.29) is 5.91 Å². The summed E-state index contributed by atoms with van der Waals surface area (Å²) in [5, 5.41) is 5.69. The third kappa shape index (κ3) is 4.65. The van der Waals surface area contributed by atoms with Crippen LogP contribution in [0.5, 0.6) is 0 Å². The van der Waals surface area contributed by atoms with E-state index in [1.807, 2.05) is 0 Å². The summed E-state index contributed by atoms with van der Waals surface area (Å²) in [6.07, 6.45) is 0.454. The third-order valence-electron chi connectivity index (χ3n) is 2.33. The lowest BCUT2D eigenvalue weighted by Crippen LogP contribution is -2.26. The third-order valence-corrected chi connectivity index (χ3v) is 2.33. The zero-order chi connectivity index (χ0) is 12.7. The van der Waals surface area contributed by atoms with Gasteiger partial charge in [-0.15, -0.1) is 0 Å². The average molecular weight is 235 g/mol. The molecular formula is C12H17N3O2. The van der Waals surface area contributed by atoms with Crippen molar-refractivity contribution in [2.75, 3.05) is 13.6 Å². The highest BCUT2D eigenvalue weighted by Crippen LogP contribution is 2.03. The summed E-state index contributed by atoms with van der Waals surface area (Å²) in [6, 6.07) is 6.85. The minimum Gasteiger partial charge on any atom is -0.366 e. The van der Waals surface area contributed by atoms with Crippen molar-refractivity contribution in [3.63, 3.8) is 0 Å². The van der Waals surface area contributed by atoms with E-state index in [0.29, 0.717) is 25.1 Å². The molecule has 17 heavy (non-hydrogen) atoms. The Balaban J connectivity index is 2.42. The van der Waals surface area contributed by atoms with Gasteiger partial charge in [0.2, 0.25) is 11.8 Å². The second-order valence-corrected chi connectivity index (χ2v) is 3.69. The number of nitrogens with one attached hydrogen (secondary N) is 2. The predicted molar refractivity (Wildman–Crippen MR) is 65.4 cm³/mol. The van der Waals surface area contributed by atoms with Crippen LogP contribution >= 0.6 is 0 Å². The summed E-state index contributed by atoms with van der Waals surface area (Å²) in [6.45, 7) is 1.12. The largest absolute Gasteiger partial charge is 0.366 e. The molecule has 5 heteroatoms. The zero-order valence-electron chi connectivity index (χ0n) is 9.82. The number of hydrogen-bond donors (Lipinski definition) is 3. The van der Waals surface area contributed by atoms with Gasteiger partial charge in [0.25, 0.3) is 0 Å². The lowest BCUT2D eigenvalue weighted by atomic mass is 10.1. The molecule has 0 heterocycles. The van der Waals surface area contributed by atoms with Crippen LogP contribution in [0.15, 0.2) is 24.3 Å². The molecule has 0 saturated carbocycles. The van der Waals surface area contributed by atoms with E-state index in [0.717, 1.165) is 5.56 Å². The highest BCUT2D eigenvalue weighted by atomic mass is 16.1. The molecule has 0 saturated heterocycles. The van der Waals surface area contributed by atoms with Gasteiger partial charge in [0.15, 0.2) is 0 Å². The highest BCUT2D eigenvalue weighted by molar-refractivity contribution is 5.92. The van der Waals surface area contributed by atoms with E-state index in [1.165, 1.54) is 0 Å². The first-order valence-corrected chi connectivity index (χ1v) is 5.43. The van der Waals surface area contributed by atoms with Gasteiger partial charge < -0.3 is 16.4 Å². The van der Waals surface area contributed by atoms with Crippen LogP contribution in [-0.4, -0.2) is 25.4 Å². The molecule has 0 spiro atoms. The topological polar surface area (TPSA) is 84.2 Å². The molecule has 1 aromatic carbocycles. The van der Waals surface area contributed by atoms with Gasteiger partial charge in [-0.25, -0.2) is 0 Å². The van der Waals surface area contributed by atoms with Gasteiger partial charge in [-0.3, -0.25) is 9.59 Å². The molecule has 0 aromatic heterocycles. The second-order valence-electron chi connectivity index (χ2n) is 3.69. The Bertz CT molecular complexity index is 387. The first kappa shape index (κ1) is 13.2. The smallest absolute Gasteiger partial charge is 0.248 e. The number of primary amides is 1. The van der Waals surface area contributed by atoms with Crippen LogP contribution in [-0.2, 0) is 11.3 Å². The van der Waals surface area contributed by atoms with Crippen molar-refractivity contribution >= 4 is 11.8 Å². The van der Waals surface area contributed by atoms with Crippen molar-refractivity contribution < 1.29 is 9.59 Å². The van der Waals surface area contributed by atoms with Crippen LogP contribution in [0.1, 0.15) is 22.3 Å². The van der Waals surface area contributed by atoms with Gasteiger partial charge in [-0.2, -0.15) is 0 Å². The number of hydrogen-bond acceptors (Lipinski definition) is 3. The van der Waals surface area contributed by atoms with Crippen LogP contribution in [0.4, 0.5) is 0 Å². The lowest BCUT2D eigenvalue weighted by molar-refractivity contribution is -0.121. The van der Waals surface area contributed by atoms with Crippen LogP contribution in [0, 0.1) is 0 Å². The van der Waals surface area contributed by atoms with E-state index in [1.54, 1.807) is 31.3 Å². The van der Waals surface area contributed by atoms with E-state index in [9.17, 15) is 9.59 Å². The Morgan fingerprint density at radius 1 is 1.24 bits per heavy atom. The molecule has 4 N–H and O–H groups in total. The minimum atomic E-state index is -0.449. The normalized spacial score (nSPS) is 9.94. The maximum atomic E-state index is 11.3. The number of nitrogens with two attached hydrogens (primary N) is 1. The zero-order valence-corrected chi connectivity index (χ0v) is 9.82. The summed E-state index contributed by atoms with van der Waals surface area (Å²) in [5.74, 6) is -0.451. The predicted octanol–water partition coefficient (Wildman–Crippen LogP) is 0.0112. The molecule has 0 atom stereocenters. The van der Waals surface area contributed by atoms with Crippen molar-refractivity contribution in [2.45, 2.75) is 13.0 Å². The first-order valence-electron chi connectivity index (χ1n) is 5.43. The SMILES string of the molecule is CNCCC(=O)NCc1ccc(C(N)=O)cc1. The molecule has 0 aliphatic rings. The van der Waals surface area contributed by atoms with Gasteiger partial charge in [0.1, 0.15) is 0 Å². The quantitative estimate of drug-likeness (QED) is 0.649. The highest BCUT2D eigenvalue weighted by Gasteiger charge is 2.02. The van der Waals surface area contributed by atoms with Crippen LogP contribution in [0.3, 0.4) is 0 Å². The second kappa shape index (κ2) is 6.65. The summed E-state index contributed by atoms with van der Waals surface area (Å²) >= 11 is 0. The van der Waals surface area contributed by atoms with Gasteiger partial charge in [-0.1, -0.05) is 12.1 Å². The maximum absolute atomic E-state index is 11.3. The van der Waals surface area contributed by atoms with Crippen LogP contribution in [0.25, 0.3) is 0 Å². The van der Waals surface area contributed by atoms with Crippen molar-refractivity contribution in [1.82, 2.24) is 10.6 Å². The fourth-order valence-corrected chi connectivity index (χ4v) is 1.31. The Kier molecular flexibility index (Phi) is 5.16. The summed E-state index contributed by atoms with van der Waals surface area (Å²) in [7, 11) is 1.80. The minimum absolute atomic E-state index is 0.00155. The molecule has 1 aromatic rings. The molecule has 0 aliphatic heterocycles. The number of rotatable bonds is 6. The Morgan fingerprint density at radius 3 is 2.41 bits per heavy atom. The summed E-state index contributed by atoms with van der Waals surface area (Å²) < 4.78 is 0. The summed E-state index contributed by atoms with van der Waals surface area (Å²) in [5.41, 5.74) is 6.53. The van der Waals surface area contributed by atoms with Crippen molar-refractivity contribution in [2.24, 2.45) is 5.73 Å². The maximum Gasteiger partial charge on any atom is 0.248 e. The Morgan fingerprint density at radius 2 is 1.88 bits per heavy atom. The number of amides is 2. The summed E-state index contributed by atoms with van der Waals surface area (Å²) in [4.78, 5) is 22.2. The molecule has 0 radical (unpaired) electrons. The molecule has 5 nitrogen and oxygen atoms in total. The monoisotopic (exact) mass is 235 g/mol. The average Bonchev–Trinajstić information content (AvgIpc) is 2.34. The Labute approximate surface area is 100 Å². The van der Waals surface area contributed by atoms with Gasteiger partial charge in [0.05, 0.1) is 0 Å². The van der Waals surface area contributed by atoms with Crippen molar-refractivity contribution in [3.05, 3.63) is 35.4 Å². The molecule has 92 valence electrons. The number of carbonyl (C=O) groups excluding carboxylic acids is 2. The molecule has 2 amide bonds. The van der Waals surface area contributed by atoms with E-state index < -0.39 is 5.91 Å². The standard InChI is InChI=1S/C12H17N3O2/c1-14-7-6-11(16)15-8-9-2-4-10(5-3-9)12(13)17/h2-5,14H,6-8H2,1H3,(H2,13,17)(H,15,16). The van der Waals surface area contributed by atoms with E-state index in [2.05, 4.69) is 10.6 Å². The number of carbonyl (C=O) groups is 2. The van der Waals surface area contributed by atoms with Crippen molar-refractivity contribution in [3.8, 4) is 0 Å².